The van der Waals surface area contributed by atoms with Crippen molar-refractivity contribution in [1.82, 2.24) is 0 Å². The van der Waals surface area contributed by atoms with Crippen LogP contribution < -0.4 is 4.90 Å². The molecule has 0 fully saturated rings. The largest absolute Gasteiger partial charge is 0.294 e. The van der Waals surface area contributed by atoms with Crippen LogP contribution >= 0.6 is 0 Å². The first kappa shape index (κ1) is 19.9. The van der Waals surface area contributed by atoms with Crippen LogP contribution in [0.15, 0.2) is 66.1 Å². The van der Waals surface area contributed by atoms with Gasteiger partial charge in [-0.3, -0.25) is 9.69 Å². The second-order valence-electron chi connectivity index (χ2n) is 7.32. The van der Waals surface area contributed by atoms with Gasteiger partial charge in [-0.15, -0.1) is 0 Å². The summed E-state index contributed by atoms with van der Waals surface area (Å²) in [4.78, 5) is 13.7. The van der Waals surface area contributed by atoms with Gasteiger partial charge in [-0.1, -0.05) is 57.2 Å². The Labute approximate surface area is 156 Å². The van der Waals surface area contributed by atoms with Crippen molar-refractivity contribution >= 4 is 21.4 Å². The number of benzene rings is 2. The minimum absolute atomic E-state index is 0.0280. The minimum Gasteiger partial charge on any atom is -0.294 e. The van der Waals surface area contributed by atoms with Gasteiger partial charge in [0.25, 0.3) is 5.91 Å². The molecule has 5 heteroatoms. The molecule has 0 radical (unpaired) electrons. The highest BCUT2D eigenvalue weighted by atomic mass is 32.2. The van der Waals surface area contributed by atoms with Gasteiger partial charge in [0, 0.05) is 5.69 Å². The van der Waals surface area contributed by atoms with E-state index >= 15 is 0 Å². The molecule has 0 aliphatic rings. The average Bonchev–Trinajstić information content (AvgIpc) is 2.59. The first-order valence-electron chi connectivity index (χ1n) is 8.38. The van der Waals surface area contributed by atoms with Crippen LogP contribution in [0.25, 0.3) is 0 Å². The van der Waals surface area contributed by atoms with Crippen LogP contribution in [0.4, 0.5) is 5.69 Å². The van der Waals surface area contributed by atoms with Crippen molar-refractivity contribution < 1.29 is 13.2 Å². The zero-order valence-electron chi connectivity index (χ0n) is 15.7. The molecule has 2 aromatic rings. The predicted molar refractivity (Wildman–Crippen MR) is 106 cm³/mol. The number of nitrogens with zero attached hydrogens (tertiary/aromatic N) is 1. The van der Waals surface area contributed by atoms with Crippen molar-refractivity contribution in [1.29, 1.82) is 0 Å². The number of aryl methyl sites for hydroxylation is 1. The van der Waals surface area contributed by atoms with Crippen LogP contribution in [0.1, 0.15) is 31.9 Å². The Bertz CT molecular complexity index is 890. The summed E-state index contributed by atoms with van der Waals surface area (Å²) in [6.07, 6.45) is 1.13. The molecule has 0 saturated heterocycles. The molecular formula is C21H25NO3S. The zero-order valence-corrected chi connectivity index (χ0v) is 16.5. The van der Waals surface area contributed by atoms with Gasteiger partial charge in [0.1, 0.15) is 5.88 Å². The summed E-state index contributed by atoms with van der Waals surface area (Å²) in [5.41, 5.74) is 2.58. The number of rotatable bonds is 5. The van der Waals surface area contributed by atoms with Crippen LogP contribution in [-0.4, -0.2) is 20.2 Å². The van der Waals surface area contributed by atoms with Crippen molar-refractivity contribution in [3.05, 3.63) is 72.3 Å². The fourth-order valence-corrected chi connectivity index (χ4v) is 3.82. The van der Waals surface area contributed by atoms with E-state index in [9.17, 15) is 13.2 Å². The SMILES string of the molecule is C=CC(=O)N(CS(=O)(=O)c1ccc(C)cc1)c1ccc(C(C)(C)C)cc1. The second-order valence-corrected chi connectivity index (χ2v) is 9.28. The minimum atomic E-state index is -3.66. The van der Waals surface area contributed by atoms with Crippen LogP contribution in [0, 0.1) is 6.92 Å². The molecule has 0 bridgehead atoms. The number of hydrogen-bond donors (Lipinski definition) is 0. The lowest BCUT2D eigenvalue weighted by atomic mass is 9.87. The van der Waals surface area contributed by atoms with Crippen molar-refractivity contribution in [2.75, 3.05) is 10.8 Å². The van der Waals surface area contributed by atoms with Crippen LogP contribution in [-0.2, 0) is 20.0 Å². The molecule has 4 nitrogen and oxygen atoms in total. The summed E-state index contributed by atoms with van der Waals surface area (Å²) in [6, 6.07) is 14.0. The van der Waals surface area contributed by atoms with Crippen molar-refractivity contribution in [2.45, 2.75) is 38.0 Å². The predicted octanol–water partition coefficient (Wildman–Crippen LogP) is 4.24. The van der Waals surface area contributed by atoms with E-state index in [-0.39, 0.29) is 10.3 Å². The Hall–Kier alpha value is -2.40. The van der Waals surface area contributed by atoms with Crippen molar-refractivity contribution in [3.63, 3.8) is 0 Å². The Morgan fingerprint density at radius 1 is 1.04 bits per heavy atom. The maximum absolute atomic E-state index is 12.7. The number of anilines is 1. The molecule has 2 aromatic carbocycles. The Morgan fingerprint density at radius 3 is 2.04 bits per heavy atom. The molecular weight excluding hydrogens is 346 g/mol. The monoisotopic (exact) mass is 371 g/mol. The molecule has 0 heterocycles. The molecule has 0 aromatic heterocycles. The summed E-state index contributed by atoms with van der Waals surface area (Å²) < 4.78 is 25.5. The molecule has 0 N–H and O–H groups in total. The van der Waals surface area contributed by atoms with Gasteiger partial charge in [-0.05, 0) is 48.2 Å². The lowest BCUT2D eigenvalue weighted by Crippen LogP contribution is -2.34. The van der Waals surface area contributed by atoms with Crippen molar-refractivity contribution in [3.8, 4) is 0 Å². The first-order chi connectivity index (χ1) is 12.0. The molecule has 0 aliphatic heterocycles. The highest BCUT2D eigenvalue weighted by Gasteiger charge is 2.24. The van der Waals surface area contributed by atoms with Crippen LogP contribution in [0.5, 0.6) is 0 Å². The Kier molecular flexibility index (Phi) is 5.71. The number of hydrogen-bond acceptors (Lipinski definition) is 3. The molecule has 0 spiro atoms. The van der Waals surface area contributed by atoms with Gasteiger partial charge in [0.15, 0.2) is 9.84 Å². The lowest BCUT2D eigenvalue weighted by Gasteiger charge is -2.24. The van der Waals surface area contributed by atoms with E-state index in [0.29, 0.717) is 5.69 Å². The highest BCUT2D eigenvalue weighted by Crippen LogP contribution is 2.26. The van der Waals surface area contributed by atoms with E-state index in [2.05, 4.69) is 27.4 Å². The van der Waals surface area contributed by atoms with E-state index in [1.807, 2.05) is 19.1 Å². The molecule has 1 amide bonds. The Morgan fingerprint density at radius 2 is 1.58 bits per heavy atom. The van der Waals surface area contributed by atoms with Gasteiger partial charge >= 0.3 is 0 Å². The number of amides is 1. The third-order valence-electron chi connectivity index (χ3n) is 4.16. The Balaban J connectivity index is 2.38. The standard InChI is InChI=1S/C21H25NO3S/c1-6-20(23)22(18-11-9-17(10-12-18)21(3,4)5)15-26(24,25)19-13-7-16(2)8-14-19/h6-14H,1,15H2,2-5H3. The topological polar surface area (TPSA) is 54.5 Å². The molecule has 26 heavy (non-hydrogen) atoms. The van der Waals surface area contributed by atoms with E-state index in [1.165, 1.54) is 4.90 Å². The number of carbonyl (C=O) groups excluding carboxylic acids is 1. The summed E-state index contributed by atoms with van der Waals surface area (Å²) >= 11 is 0. The van der Waals surface area contributed by atoms with E-state index in [4.69, 9.17) is 0 Å². The molecule has 0 aliphatic carbocycles. The van der Waals surface area contributed by atoms with Gasteiger partial charge in [0.2, 0.25) is 0 Å². The fourth-order valence-electron chi connectivity index (χ4n) is 2.51. The maximum atomic E-state index is 12.7. The summed E-state index contributed by atoms with van der Waals surface area (Å²) in [7, 11) is -3.66. The van der Waals surface area contributed by atoms with Crippen LogP contribution in [0.3, 0.4) is 0 Å². The van der Waals surface area contributed by atoms with Gasteiger partial charge in [0.05, 0.1) is 4.90 Å². The smallest absolute Gasteiger partial charge is 0.251 e. The third kappa shape index (κ3) is 4.61. The second kappa shape index (κ2) is 7.46. The molecule has 0 atom stereocenters. The molecule has 0 unspecified atom stereocenters. The number of carbonyl (C=O) groups is 1. The quantitative estimate of drug-likeness (QED) is 0.739. The maximum Gasteiger partial charge on any atom is 0.251 e. The summed E-state index contributed by atoms with van der Waals surface area (Å²) in [6.45, 7) is 11.7. The lowest BCUT2D eigenvalue weighted by molar-refractivity contribution is -0.114. The van der Waals surface area contributed by atoms with E-state index in [1.54, 1.807) is 36.4 Å². The third-order valence-corrected chi connectivity index (χ3v) is 5.75. The van der Waals surface area contributed by atoms with E-state index < -0.39 is 21.6 Å². The van der Waals surface area contributed by atoms with Gasteiger partial charge in [-0.25, -0.2) is 8.42 Å². The summed E-state index contributed by atoms with van der Waals surface area (Å²) in [5, 5.41) is 0. The fraction of sp³-hybridized carbons (Fsp3) is 0.286. The molecule has 138 valence electrons. The van der Waals surface area contributed by atoms with Gasteiger partial charge in [-0.2, -0.15) is 0 Å². The van der Waals surface area contributed by atoms with Crippen molar-refractivity contribution in [2.24, 2.45) is 0 Å². The average molecular weight is 372 g/mol. The normalized spacial score (nSPS) is 11.8. The summed E-state index contributed by atoms with van der Waals surface area (Å²) in [5.74, 6) is -0.889. The molecule has 0 saturated carbocycles. The zero-order chi connectivity index (χ0) is 19.5. The molecule has 2 rings (SSSR count). The van der Waals surface area contributed by atoms with Crippen LogP contribution in [0.2, 0.25) is 0 Å². The first-order valence-corrected chi connectivity index (χ1v) is 10.0. The van der Waals surface area contributed by atoms with E-state index in [0.717, 1.165) is 17.2 Å². The highest BCUT2D eigenvalue weighted by molar-refractivity contribution is 7.91. The number of sulfone groups is 1. The van der Waals surface area contributed by atoms with Gasteiger partial charge < -0.3 is 0 Å².